The van der Waals surface area contributed by atoms with Gasteiger partial charge in [0.2, 0.25) is 5.91 Å². The van der Waals surface area contributed by atoms with Crippen molar-refractivity contribution in [2.75, 3.05) is 43.4 Å². The predicted octanol–water partition coefficient (Wildman–Crippen LogP) is 0.904. The highest BCUT2D eigenvalue weighted by atomic mass is 16.6. The highest BCUT2D eigenvalue weighted by Gasteiger charge is 2.23. The molecule has 0 saturated carbocycles. The topological polar surface area (TPSA) is 121 Å². The number of nitrogens with zero attached hydrogens (tertiary/aromatic N) is 4. The summed E-state index contributed by atoms with van der Waals surface area (Å²) in [5, 5.41) is 17.0. The Balaban J connectivity index is 1.36. The molecule has 10 nitrogen and oxygen atoms in total. The van der Waals surface area contributed by atoms with Crippen LogP contribution in [0.15, 0.2) is 30.5 Å². The Labute approximate surface area is 156 Å². The molecule has 0 spiro atoms. The van der Waals surface area contributed by atoms with Crippen molar-refractivity contribution >= 4 is 29.5 Å². The normalized spacial score (nSPS) is 13.2. The lowest BCUT2D eigenvalue weighted by molar-refractivity contribution is -0.121. The van der Waals surface area contributed by atoms with E-state index < -0.39 is 6.09 Å². The third-order valence-corrected chi connectivity index (χ3v) is 3.76. The highest BCUT2D eigenvalue weighted by Crippen LogP contribution is 2.12. The van der Waals surface area contributed by atoms with Crippen molar-refractivity contribution in [1.29, 1.82) is 0 Å². The van der Waals surface area contributed by atoms with Gasteiger partial charge in [-0.2, -0.15) is 0 Å². The Bertz CT molecular complexity index is 780. The fraction of sp³-hybridized carbons (Fsp3) is 0.353. The summed E-state index contributed by atoms with van der Waals surface area (Å²) in [4.78, 5) is 28.6. The number of pyridine rings is 1. The van der Waals surface area contributed by atoms with Gasteiger partial charge in [0.15, 0.2) is 5.82 Å². The molecule has 1 fully saturated rings. The molecule has 0 aromatic carbocycles. The first-order chi connectivity index (χ1) is 13.1. The minimum Gasteiger partial charge on any atom is -0.448 e. The second kappa shape index (κ2) is 8.79. The Morgan fingerprint density at radius 2 is 1.93 bits per heavy atom. The van der Waals surface area contributed by atoms with E-state index >= 15 is 0 Å². The van der Waals surface area contributed by atoms with E-state index in [0.29, 0.717) is 43.7 Å². The molecule has 3 heterocycles. The number of nitrogens with one attached hydrogen (secondary N) is 3. The monoisotopic (exact) mass is 371 g/mol. The van der Waals surface area contributed by atoms with Crippen LogP contribution in [0.4, 0.5) is 22.2 Å². The molecule has 1 aliphatic heterocycles. The lowest BCUT2D eigenvalue weighted by atomic mass is 10.3. The van der Waals surface area contributed by atoms with Crippen molar-refractivity contribution in [2.24, 2.45) is 0 Å². The number of anilines is 3. The summed E-state index contributed by atoms with van der Waals surface area (Å²) in [7, 11) is 0. The summed E-state index contributed by atoms with van der Waals surface area (Å²) < 4.78 is 4.77. The van der Waals surface area contributed by atoms with Crippen molar-refractivity contribution < 1.29 is 14.3 Å². The maximum atomic E-state index is 11.8. The molecule has 0 radical (unpaired) electrons. The minimum absolute atomic E-state index is 0.00600. The van der Waals surface area contributed by atoms with E-state index in [0.717, 1.165) is 5.56 Å². The van der Waals surface area contributed by atoms with Crippen LogP contribution in [0, 0.1) is 6.92 Å². The number of amides is 2. The number of ether oxygens (including phenoxy) is 1. The molecule has 10 heteroatoms. The molecular weight excluding hydrogens is 350 g/mol. The number of carbonyl (C=O) groups is 2. The molecule has 142 valence electrons. The summed E-state index contributed by atoms with van der Waals surface area (Å²) >= 11 is 0. The van der Waals surface area contributed by atoms with Crippen LogP contribution in [0.25, 0.3) is 0 Å². The number of rotatable bonds is 8. The van der Waals surface area contributed by atoms with E-state index in [4.69, 9.17) is 4.74 Å². The van der Waals surface area contributed by atoms with Gasteiger partial charge in [-0.3, -0.25) is 9.69 Å². The summed E-state index contributed by atoms with van der Waals surface area (Å²) in [6.07, 6.45) is 1.32. The van der Waals surface area contributed by atoms with Crippen LogP contribution in [0.5, 0.6) is 0 Å². The number of aryl methyl sites for hydroxylation is 1. The van der Waals surface area contributed by atoms with Gasteiger partial charge < -0.3 is 20.7 Å². The fourth-order valence-corrected chi connectivity index (χ4v) is 2.36. The first kappa shape index (κ1) is 18.4. The molecule has 0 bridgehead atoms. The van der Waals surface area contributed by atoms with Gasteiger partial charge in [-0.25, -0.2) is 9.78 Å². The zero-order valence-corrected chi connectivity index (χ0v) is 14.9. The first-order valence-corrected chi connectivity index (χ1v) is 8.56. The van der Waals surface area contributed by atoms with Gasteiger partial charge in [0, 0.05) is 19.3 Å². The molecule has 1 aliphatic rings. The van der Waals surface area contributed by atoms with Crippen LogP contribution in [-0.4, -0.2) is 64.9 Å². The van der Waals surface area contributed by atoms with Crippen molar-refractivity contribution in [3.63, 3.8) is 0 Å². The SMILES string of the molecule is Cc1ccc(Nc2ccc(NCCNC(=O)CN3CCOC3=O)nn2)nc1. The summed E-state index contributed by atoms with van der Waals surface area (Å²) in [5.41, 5.74) is 1.08. The summed E-state index contributed by atoms with van der Waals surface area (Å²) in [6.45, 7) is 3.63. The third-order valence-electron chi connectivity index (χ3n) is 3.76. The van der Waals surface area contributed by atoms with E-state index in [-0.39, 0.29) is 12.5 Å². The average molecular weight is 371 g/mol. The molecule has 3 rings (SSSR count). The van der Waals surface area contributed by atoms with Gasteiger partial charge in [-0.05, 0) is 30.7 Å². The van der Waals surface area contributed by atoms with E-state index in [1.54, 1.807) is 18.3 Å². The van der Waals surface area contributed by atoms with Crippen molar-refractivity contribution in [3.8, 4) is 0 Å². The molecule has 3 N–H and O–H groups in total. The smallest absolute Gasteiger partial charge is 0.410 e. The van der Waals surface area contributed by atoms with Crippen molar-refractivity contribution in [2.45, 2.75) is 6.92 Å². The zero-order valence-electron chi connectivity index (χ0n) is 14.9. The van der Waals surface area contributed by atoms with E-state index in [1.165, 1.54) is 4.90 Å². The number of aromatic nitrogens is 3. The quantitative estimate of drug-likeness (QED) is 0.585. The summed E-state index contributed by atoms with van der Waals surface area (Å²) in [6, 6.07) is 7.40. The number of cyclic esters (lactones) is 1. The van der Waals surface area contributed by atoms with Crippen LogP contribution in [0.2, 0.25) is 0 Å². The van der Waals surface area contributed by atoms with E-state index in [9.17, 15) is 9.59 Å². The van der Waals surface area contributed by atoms with Gasteiger partial charge >= 0.3 is 6.09 Å². The van der Waals surface area contributed by atoms with Crippen LogP contribution in [0.3, 0.4) is 0 Å². The Hall–Kier alpha value is -3.43. The molecule has 0 aliphatic carbocycles. The molecular formula is C17H21N7O3. The minimum atomic E-state index is -0.451. The Morgan fingerprint density at radius 1 is 1.15 bits per heavy atom. The lowest BCUT2D eigenvalue weighted by Gasteiger charge is -2.12. The van der Waals surface area contributed by atoms with Gasteiger partial charge in [0.25, 0.3) is 0 Å². The van der Waals surface area contributed by atoms with Crippen molar-refractivity contribution in [1.82, 2.24) is 25.4 Å². The van der Waals surface area contributed by atoms with Crippen LogP contribution in [0.1, 0.15) is 5.56 Å². The fourth-order valence-electron chi connectivity index (χ4n) is 2.36. The van der Waals surface area contributed by atoms with Gasteiger partial charge in [-0.1, -0.05) is 6.07 Å². The molecule has 0 unspecified atom stereocenters. The first-order valence-electron chi connectivity index (χ1n) is 8.56. The maximum Gasteiger partial charge on any atom is 0.410 e. The van der Waals surface area contributed by atoms with Gasteiger partial charge in [0.1, 0.15) is 24.8 Å². The molecule has 27 heavy (non-hydrogen) atoms. The van der Waals surface area contributed by atoms with E-state index in [2.05, 4.69) is 31.1 Å². The molecule has 2 aromatic heterocycles. The zero-order chi connectivity index (χ0) is 19.1. The van der Waals surface area contributed by atoms with Crippen LogP contribution >= 0.6 is 0 Å². The third kappa shape index (κ3) is 5.53. The molecule has 2 amide bonds. The second-order valence-corrected chi connectivity index (χ2v) is 5.96. The summed E-state index contributed by atoms with van der Waals surface area (Å²) in [5.74, 6) is 1.64. The number of carbonyl (C=O) groups excluding carboxylic acids is 2. The maximum absolute atomic E-state index is 11.8. The van der Waals surface area contributed by atoms with Gasteiger partial charge in [0.05, 0.1) is 6.54 Å². The molecule has 0 atom stereocenters. The number of hydrogen-bond acceptors (Lipinski definition) is 8. The molecule has 1 saturated heterocycles. The predicted molar refractivity (Wildman–Crippen MR) is 98.7 cm³/mol. The van der Waals surface area contributed by atoms with E-state index in [1.807, 2.05) is 19.1 Å². The lowest BCUT2D eigenvalue weighted by Crippen LogP contribution is -2.39. The van der Waals surface area contributed by atoms with Gasteiger partial charge in [-0.15, -0.1) is 10.2 Å². The Kier molecular flexibility index (Phi) is 5.98. The standard InChI is InChI=1S/C17H21N7O3/c1-12-2-3-13(20-10-12)21-15-5-4-14(22-23-15)18-6-7-19-16(25)11-24-8-9-27-17(24)26/h2-5,10H,6-9,11H2,1H3,(H,18,22)(H,19,25)(H,20,21,23). The number of hydrogen-bond donors (Lipinski definition) is 3. The Morgan fingerprint density at radius 3 is 2.59 bits per heavy atom. The van der Waals surface area contributed by atoms with Crippen LogP contribution < -0.4 is 16.0 Å². The highest BCUT2D eigenvalue weighted by molar-refractivity contribution is 5.82. The largest absolute Gasteiger partial charge is 0.448 e. The average Bonchev–Trinajstić information content (AvgIpc) is 3.06. The van der Waals surface area contributed by atoms with Crippen LogP contribution in [-0.2, 0) is 9.53 Å². The second-order valence-electron chi connectivity index (χ2n) is 5.96. The van der Waals surface area contributed by atoms with Crippen molar-refractivity contribution in [3.05, 3.63) is 36.0 Å². The molecule has 2 aromatic rings.